The average molecular weight is 368 g/mol. The topological polar surface area (TPSA) is 62.5 Å². The molecule has 3 aromatic rings. The van der Waals surface area contributed by atoms with Gasteiger partial charge in [-0.1, -0.05) is 30.0 Å². The number of amides is 1. The monoisotopic (exact) mass is 368 g/mol. The van der Waals surface area contributed by atoms with Gasteiger partial charge >= 0.3 is 0 Å². The summed E-state index contributed by atoms with van der Waals surface area (Å²) < 4.78 is 5.44. The van der Waals surface area contributed by atoms with Gasteiger partial charge < -0.3 is 14.2 Å². The molecule has 0 spiro atoms. The van der Waals surface area contributed by atoms with E-state index in [9.17, 15) is 4.79 Å². The van der Waals surface area contributed by atoms with Crippen molar-refractivity contribution in [3.05, 3.63) is 42.7 Å². The summed E-state index contributed by atoms with van der Waals surface area (Å²) in [5.41, 5.74) is 0.850. The van der Waals surface area contributed by atoms with Gasteiger partial charge in [0.15, 0.2) is 11.6 Å². The van der Waals surface area contributed by atoms with Gasteiger partial charge in [0, 0.05) is 31.6 Å². The van der Waals surface area contributed by atoms with E-state index in [0.29, 0.717) is 17.3 Å². The molecular formula is C19H20N4O2S. The zero-order chi connectivity index (χ0) is 17.9. The number of aromatic nitrogens is 2. The van der Waals surface area contributed by atoms with Crippen LogP contribution in [0.25, 0.3) is 22.5 Å². The minimum Gasteiger partial charge on any atom is -0.461 e. The van der Waals surface area contributed by atoms with Crippen molar-refractivity contribution in [1.82, 2.24) is 19.8 Å². The maximum Gasteiger partial charge on any atom is 0.233 e. The first-order chi connectivity index (χ1) is 12.7. The Bertz CT molecular complexity index is 905. The van der Waals surface area contributed by atoms with Crippen molar-refractivity contribution in [3.8, 4) is 11.6 Å². The standard InChI is InChI=1S/C19H20N4O2S/c1-22-8-10-23(11-9-22)17(24)13-26-19-14-5-2-3-6-15(14)20-18(21-19)16-7-4-12-25-16/h2-7,12H,8-11,13H2,1H3. The molecule has 6 nitrogen and oxygen atoms in total. The SMILES string of the molecule is CN1CCN(C(=O)CSc2nc(-c3ccco3)nc3ccccc23)CC1. The first-order valence-corrected chi connectivity index (χ1v) is 9.59. The lowest BCUT2D eigenvalue weighted by Crippen LogP contribution is -2.47. The zero-order valence-electron chi connectivity index (χ0n) is 14.6. The van der Waals surface area contributed by atoms with Crippen LogP contribution in [-0.4, -0.2) is 64.7 Å². The Morgan fingerprint density at radius 1 is 1.12 bits per heavy atom. The molecule has 134 valence electrons. The van der Waals surface area contributed by atoms with Crippen LogP contribution in [-0.2, 0) is 4.79 Å². The molecule has 1 fully saturated rings. The van der Waals surface area contributed by atoms with Crippen molar-refractivity contribution in [2.24, 2.45) is 0 Å². The number of hydrogen-bond acceptors (Lipinski definition) is 6. The van der Waals surface area contributed by atoms with Gasteiger partial charge in [0.2, 0.25) is 5.91 Å². The third-order valence-electron chi connectivity index (χ3n) is 4.50. The second-order valence-electron chi connectivity index (χ2n) is 6.32. The summed E-state index contributed by atoms with van der Waals surface area (Å²) in [6, 6.07) is 11.5. The quantitative estimate of drug-likeness (QED) is 0.521. The first-order valence-electron chi connectivity index (χ1n) is 8.60. The molecule has 0 saturated carbocycles. The maximum absolute atomic E-state index is 12.6. The number of piperazine rings is 1. The van der Waals surface area contributed by atoms with Crippen molar-refractivity contribution < 1.29 is 9.21 Å². The fourth-order valence-electron chi connectivity index (χ4n) is 2.95. The number of furan rings is 1. The number of benzene rings is 1. The van der Waals surface area contributed by atoms with Crippen LogP contribution >= 0.6 is 11.8 Å². The number of thioether (sulfide) groups is 1. The van der Waals surface area contributed by atoms with E-state index < -0.39 is 0 Å². The molecule has 4 rings (SSSR count). The summed E-state index contributed by atoms with van der Waals surface area (Å²) in [5.74, 6) is 1.71. The van der Waals surface area contributed by atoms with Gasteiger partial charge in [0.05, 0.1) is 17.5 Å². The molecule has 0 aliphatic carbocycles. The smallest absolute Gasteiger partial charge is 0.233 e. The Labute approximate surface area is 156 Å². The van der Waals surface area contributed by atoms with Crippen molar-refractivity contribution in [1.29, 1.82) is 0 Å². The van der Waals surface area contributed by atoms with Gasteiger partial charge in [-0.25, -0.2) is 9.97 Å². The Kier molecular flexibility index (Phi) is 4.90. The minimum absolute atomic E-state index is 0.158. The van der Waals surface area contributed by atoms with E-state index in [-0.39, 0.29) is 5.91 Å². The van der Waals surface area contributed by atoms with Crippen LogP contribution in [0, 0.1) is 0 Å². The number of fused-ring (bicyclic) bond motifs is 1. The predicted octanol–water partition coefficient (Wildman–Crippen LogP) is 2.76. The van der Waals surface area contributed by atoms with E-state index in [4.69, 9.17) is 4.42 Å². The number of carbonyl (C=O) groups is 1. The minimum atomic E-state index is 0.158. The highest BCUT2D eigenvalue weighted by molar-refractivity contribution is 8.00. The summed E-state index contributed by atoms with van der Waals surface area (Å²) in [5, 5.41) is 1.77. The van der Waals surface area contributed by atoms with Gasteiger partial charge in [-0.3, -0.25) is 4.79 Å². The van der Waals surface area contributed by atoms with Crippen LogP contribution in [0.1, 0.15) is 0 Å². The van der Waals surface area contributed by atoms with E-state index in [1.807, 2.05) is 41.3 Å². The summed E-state index contributed by atoms with van der Waals surface area (Å²) in [6.45, 7) is 3.43. The van der Waals surface area contributed by atoms with Crippen molar-refractivity contribution in [3.63, 3.8) is 0 Å². The van der Waals surface area contributed by atoms with Crippen molar-refractivity contribution in [2.75, 3.05) is 39.0 Å². The maximum atomic E-state index is 12.6. The van der Waals surface area contributed by atoms with E-state index in [0.717, 1.165) is 42.1 Å². The van der Waals surface area contributed by atoms with Gasteiger partial charge in [-0.05, 0) is 25.2 Å². The first kappa shape index (κ1) is 17.1. The summed E-state index contributed by atoms with van der Waals surface area (Å²) in [4.78, 5) is 26.0. The average Bonchev–Trinajstić information content (AvgIpc) is 3.21. The predicted molar refractivity (Wildman–Crippen MR) is 102 cm³/mol. The fraction of sp³-hybridized carbons (Fsp3) is 0.316. The lowest BCUT2D eigenvalue weighted by atomic mass is 10.2. The van der Waals surface area contributed by atoms with E-state index >= 15 is 0 Å². The lowest BCUT2D eigenvalue weighted by molar-refractivity contribution is -0.129. The van der Waals surface area contributed by atoms with Crippen LogP contribution in [0.4, 0.5) is 0 Å². The van der Waals surface area contributed by atoms with Gasteiger partial charge in [-0.15, -0.1) is 0 Å². The molecule has 0 radical (unpaired) electrons. The summed E-state index contributed by atoms with van der Waals surface area (Å²) >= 11 is 1.47. The molecule has 3 heterocycles. The van der Waals surface area contributed by atoms with Crippen LogP contribution in [0.3, 0.4) is 0 Å². The Morgan fingerprint density at radius 2 is 1.92 bits per heavy atom. The molecule has 0 unspecified atom stereocenters. The van der Waals surface area contributed by atoms with Crippen LogP contribution in [0.2, 0.25) is 0 Å². The lowest BCUT2D eigenvalue weighted by Gasteiger charge is -2.32. The normalized spacial score (nSPS) is 15.5. The molecule has 26 heavy (non-hydrogen) atoms. The molecule has 0 bridgehead atoms. The molecule has 1 aromatic carbocycles. The van der Waals surface area contributed by atoms with Crippen molar-refractivity contribution in [2.45, 2.75) is 5.03 Å². The largest absolute Gasteiger partial charge is 0.461 e. The number of nitrogens with zero attached hydrogens (tertiary/aromatic N) is 4. The van der Waals surface area contributed by atoms with Gasteiger partial charge in [-0.2, -0.15) is 0 Å². The second-order valence-corrected chi connectivity index (χ2v) is 7.28. The van der Waals surface area contributed by atoms with E-state index in [1.54, 1.807) is 6.26 Å². The highest BCUT2D eigenvalue weighted by Gasteiger charge is 2.20. The Hall–Kier alpha value is -2.38. The number of carbonyl (C=O) groups excluding carboxylic acids is 1. The molecular weight excluding hydrogens is 348 g/mol. The highest BCUT2D eigenvalue weighted by Crippen LogP contribution is 2.28. The Morgan fingerprint density at radius 3 is 2.69 bits per heavy atom. The van der Waals surface area contributed by atoms with Crippen molar-refractivity contribution >= 4 is 28.6 Å². The molecule has 0 N–H and O–H groups in total. The fourth-order valence-corrected chi connectivity index (χ4v) is 3.87. The van der Waals surface area contributed by atoms with Gasteiger partial charge in [0.25, 0.3) is 0 Å². The zero-order valence-corrected chi connectivity index (χ0v) is 15.4. The van der Waals surface area contributed by atoms with Gasteiger partial charge in [0.1, 0.15) is 5.03 Å². The number of rotatable bonds is 4. The number of para-hydroxylation sites is 1. The van der Waals surface area contributed by atoms with Crippen LogP contribution in [0.15, 0.2) is 52.1 Å². The van der Waals surface area contributed by atoms with Crippen LogP contribution < -0.4 is 0 Å². The highest BCUT2D eigenvalue weighted by atomic mass is 32.2. The summed E-state index contributed by atoms with van der Waals surface area (Å²) in [7, 11) is 2.08. The van der Waals surface area contributed by atoms with E-state index in [1.165, 1.54) is 11.8 Å². The molecule has 1 amide bonds. The third kappa shape index (κ3) is 3.59. The van der Waals surface area contributed by atoms with Crippen LogP contribution in [0.5, 0.6) is 0 Å². The Balaban J connectivity index is 1.56. The molecule has 1 aliphatic rings. The number of hydrogen-bond donors (Lipinski definition) is 0. The molecule has 0 atom stereocenters. The third-order valence-corrected chi connectivity index (χ3v) is 5.47. The number of likely N-dealkylation sites (N-methyl/N-ethyl adjacent to an activating group) is 1. The second kappa shape index (κ2) is 7.47. The molecule has 2 aromatic heterocycles. The molecule has 1 aliphatic heterocycles. The molecule has 1 saturated heterocycles. The summed E-state index contributed by atoms with van der Waals surface area (Å²) in [6.07, 6.45) is 1.61. The molecule has 7 heteroatoms. The van der Waals surface area contributed by atoms with E-state index in [2.05, 4.69) is 21.9 Å².